The molecule has 0 spiro atoms. The molecule has 22 heavy (non-hydrogen) atoms. The topological polar surface area (TPSA) is 15.6 Å². The molecule has 0 saturated carbocycles. The van der Waals surface area contributed by atoms with Gasteiger partial charge in [0, 0.05) is 0 Å². The smallest absolute Gasteiger partial charge is 0.0666 e. The van der Waals surface area contributed by atoms with Crippen molar-refractivity contribution in [3.8, 4) is 0 Å². The van der Waals surface area contributed by atoms with Crippen molar-refractivity contribution >= 4 is 11.9 Å². The molecule has 3 rings (SSSR count). The SMILES string of the molecule is C(=NN(Cc1ccccc1)c1ccccc1)c1ccccc1. The molecule has 2 heteroatoms. The number of hydrazone groups is 1. The Balaban J connectivity index is 1.85. The van der Waals surface area contributed by atoms with Gasteiger partial charge in [-0.05, 0) is 23.3 Å². The van der Waals surface area contributed by atoms with E-state index in [1.54, 1.807) is 0 Å². The first-order valence-electron chi connectivity index (χ1n) is 7.37. The molecular formula is C20H18N2. The fraction of sp³-hybridized carbons (Fsp3) is 0.0500. The molecule has 0 heterocycles. The number of benzene rings is 3. The van der Waals surface area contributed by atoms with E-state index in [2.05, 4.69) is 53.6 Å². The zero-order valence-electron chi connectivity index (χ0n) is 12.3. The van der Waals surface area contributed by atoms with Crippen LogP contribution in [0.5, 0.6) is 0 Å². The molecule has 0 saturated heterocycles. The van der Waals surface area contributed by atoms with E-state index >= 15 is 0 Å². The largest absolute Gasteiger partial charge is 0.261 e. The highest BCUT2D eigenvalue weighted by Crippen LogP contribution is 2.17. The minimum atomic E-state index is 0.744. The summed E-state index contributed by atoms with van der Waals surface area (Å²) in [6.07, 6.45) is 1.90. The van der Waals surface area contributed by atoms with Crippen LogP contribution in [0.2, 0.25) is 0 Å². The fourth-order valence-electron chi connectivity index (χ4n) is 2.23. The summed E-state index contributed by atoms with van der Waals surface area (Å²) >= 11 is 0. The van der Waals surface area contributed by atoms with Gasteiger partial charge in [0.15, 0.2) is 0 Å². The van der Waals surface area contributed by atoms with Gasteiger partial charge in [0.05, 0.1) is 18.4 Å². The lowest BCUT2D eigenvalue weighted by atomic mass is 10.2. The van der Waals surface area contributed by atoms with Crippen molar-refractivity contribution in [3.63, 3.8) is 0 Å². The Morgan fingerprint density at radius 3 is 1.86 bits per heavy atom. The van der Waals surface area contributed by atoms with Crippen molar-refractivity contribution in [1.29, 1.82) is 0 Å². The second kappa shape index (κ2) is 7.23. The van der Waals surface area contributed by atoms with Crippen molar-refractivity contribution in [2.24, 2.45) is 5.10 Å². The zero-order valence-corrected chi connectivity index (χ0v) is 12.3. The molecule has 0 atom stereocenters. The summed E-state index contributed by atoms with van der Waals surface area (Å²) in [6, 6.07) is 30.8. The molecule has 0 aliphatic rings. The van der Waals surface area contributed by atoms with E-state index in [4.69, 9.17) is 0 Å². The van der Waals surface area contributed by atoms with Crippen LogP contribution in [0.25, 0.3) is 0 Å². The van der Waals surface area contributed by atoms with Crippen molar-refractivity contribution in [2.75, 3.05) is 5.01 Å². The van der Waals surface area contributed by atoms with Gasteiger partial charge in [-0.15, -0.1) is 0 Å². The summed E-state index contributed by atoms with van der Waals surface area (Å²) in [5.41, 5.74) is 3.41. The Morgan fingerprint density at radius 1 is 0.682 bits per heavy atom. The van der Waals surface area contributed by atoms with Gasteiger partial charge in [-0.25, -0.2) is 0 Å². The molecule has 0 bridgehead atoms. The standard InChI is InChI=1S/C20H18N2/c1-4-10-18(11-5-1)16-21-22(20-14-8-3-9-15-20)17-19-12-6-2-7-13-19/h1-16H,17H2. The fourth-order valence-corrected chi connectivity index (χ4v) is 2.23. The summed E-state index contributed by atoms with van der Waals surface area (Å²) in [5, 5.41) is 6.68. The summed E-state index contributed by atoms with van der Waals surface area (Å²) in [5.74, 6) is 0. The number of para-hydroxylation sites is 1. The van der Waals surface area contributed by atoms with Crippen LogP contribution < -0.4 is 5.01 Å². The van der Waals surface area contributed by atoms with Crippen molar-refractivity contribution in [1.82, 2.24) is 0 Å². The van der Waals surface area contributed by atoms with Gasteiger partial charge in [0.1, 0.15) is 0 Å². The van der Waals surface area contributed by atoms with E-state index in [0.717, 1.165) is 17.8 Å². The maximum Gasteiger partial charge on any atom is 0.0666 e. The van der Waals surface area contributed by atoms with Gasteiger partial charge in [0.25, 0.3) is 0 Å². The van der Waals surface area contributed by atoms with Gasteiger partial charge < -0.3 is 0 Å². The third kappa shape index (κ3) is 3.83. The lowest BCUT2D eigenvalue weighted by molar-refractivity contribution is 0.858. The van der Waals surface area contributed by atoms with Crippen LogP contribution in [-0.4, -0.2) is 6.21 Å². The Bertz CT molecular complexity index is 706. The molecule has 0 aliphatic carbocycles. The van der Waals surface area contributed by atoms with Crippen LogP contribution >= 0.6 is 0 Å². The highest BCUT2D eigenvalue weighted by atomic mass is 15.4. The molecule has 2 nitrogen and oxygen atoms in total. The highest BCUT2D eigenvalue weighted by Gasteiger charge is 2.04. The molecular weight excluding hydrogens is 268 g/mol. The van der Waals surface area contributed by atoms with Crippen LogP contribution in [0.1, 0.15) is 11.1 Å². The second-order valence-electron chi connectivity index (χ2n) is 5.03. The second-order valence-corrected chi connectivity index (χ2v) is 5.03. The Labute approximate surface area is 131 Å². The zero-order chi connectivity index (χ0) is 15.0. The molecule has 0 aliphatic heterocycles. The summed E-state index contributed by atoms with van der Waals surface area (Å²) < 4.78 is 0. The van der Waals surface area contributed by atoms with E-state index in [0.29, 0.717) is 0 Å². The predicted octanol–water partition coefficient (Wildman–Crippen LogP) is 4.73. The number of hydrogen-bond donors (Lipinski definition) is 0. The molecule has 108 valence electrons. The maximum absolute atomic E-state index is 4.67. The van der Waals surface area contributed by atoms with Gasteiger partial charge >= 0.3 is 0 Å². The number of anilines is 1. The van der Waals surface area contributed by atoms with E-state index in [-0.39, 0.29) is 0 Å². The highest BCUT2D eigenvalue weighted by molar-refractivity contribution is 5.80. The maximum atomic E-state index is 4.67. The Hall–Kier alpha value is -2.87. The van der Waals surface area contributed by atoms with E-state index < -0.39 is 0 Å². The summed E-state index contributed by atoms with van der Waals surface area (Å²) in [4.78, 5) is 0. The summed E-state index contributed by atoms with van der Waals surface area (Å²) in [6.45, 7) is 0.744. The lowest BCUT2D eigenvalue weighted by Crippen LogP contribution is -2.15. The molecule has 0 radical (unpaired) electrons. The first-order chi connectivity index (χ1) is 10.9. The third-order valence-corrected chi connectivity index (χ3v) is 3.38. The van der Waals surface area contributed by atoms with Gasteiger partial charge in [-0.2, -0.15) is 5.10 Å². The predicted molar refractivity (Wildman–Crippen MR) is 93.1 cm³/mol. The third-order valence-electron chi connectivity index (χ3n) is 3.38. The van der Waals surface area contributed by atoms with E-state index in [1.807, 2.05) is 53.7 Å². The molecule has 0 fully saturated rings. The van der Waals surface area contributed by atoms with Gasteiger partial charge in [-0.3, -0.25) is 5.01 Å². The average Bonchev–Trinajstić information content (AvgIpc) is 2.61. The van der Waals surface area contributed by atoms with Gasteiger partial charge in [-0.1, -0.05) is 78.9 Å². The lowest BCUT2D eigenvalue weighted by Gasteiger charge is -2.19. The van der Waals surface area contributed by atoms with E-state index in [1.165, 1.54) is 5.56 Å². The number of nitrogens with zero attached hydrogens (tertiary/aromatic N) is 2. The van der Waals surface area contributed by atoms with Crippen LogP contribution in [0.15, 0.2) is 96.1 Å². The molecule has 0 unspecified atom stereocenters. The Morgan fingerprint density at radius 2 is 1.23 bits per heavy atom. The van der Waals surface area contributed by atoms with Crippen molar-refractivity contribution < 1.29 is 0 Å². The monoisotopic (exact) mass is 286 g/mol. The minimum Gasteiger partial charge on any atom is -0.261 e. The van der Waals surface area contributed by atoms with Crippen molar-refractivity contribution in [2.45, 2.75) is 6.54 Å². The Kier molecular flexibility index (Phi) is 4.63. The molecule has 3 aromatic rings. The average molecular weight is 286 g/mol. The van der Waals surface area contributed by atoms with Crippen LogP contribution in [0, 0.1) is 0 Å². The first kappa shape index (κ1) is 14.1. The van der Waals surface area contributed by atoms with E-state index in [9.17, 15) is 0 Å². The van der Waals surface area contributed by atoms with Crippen LogP contribution in [0.4, 0.5) is 5.69 Å². The van der Waals surface area contributed by atoms with Crippen molar-refractivity contribution in [3.05, 3.63) is 102 Å². The molecule has 3 aromatic carbocycles. The quantitative estimate of drug-likeness (QED) is 0.489. The van der Waals surface area contributed by atoms with Crippen LogP contribution in [0.3, 0.4) is 0 Å². The first-order valence-corrected chi connectivity index (χ1v) is 7.37. The molecule has 0 amide bonds. The number of hydrogen-bond acceptors (Lipinski definition) is 2. The minimum absolute atomic E-state index is 0.744. The normalized spacial score (nSPS) is 10.7. The molecule has 0 N–H and O–H groups in total. The summed E-state index contributed by atoms with van der Waals surface area (Å²) in [7, 11) is 0. The number of rotatable bonds is 5. The van der Waals surface area contributed by atoms with Gasteiger partial charge in [0.2, 0.25) is 0 Å². The van der Waals surface area contributed by atoms with Crippen LogP contribution in [-0.2, 0) is 6.54 Å². The molecule has 0 aromatic heterocycles.